The minimum absolute atomic E-state index is 0.00422. The molecule has 1 aromatic carbocycles. The number of halogens is 3. The number of carbonyl (C=O) groups excluding carboxylic acids is 1. The van der Waals surface area contributed by atoms with Crippen LogP contribution in [0.3, 0.4) is 0 Å². The quantitative estimate of drug-likeness (QED) is 0.479. The van der Waals surface area contributed by atoms with Gasteiger partial charge in [-0.1, -0.05) is 19.9 Å². The molecule has 38 heavy (non-hydrogen) atoms. The highest BCUT2D eigenvalue weighted by Gasteiger charge is 2.42. The summed E-state index contributed by atoms with van der Waals surface area (Å²) in [4.78, 5) is 20.4. The molecule has 0 spiro atoms. The molecule has 5 rings (SSSR count). The Morgan fingerprint density at radius 3 is 2.29 bits per heavy atom. The third-order valence-corrected chi connectivity index (χ3v) is 9.87. The lowest BCUT2D eigenvalue weighted by atomic mass is 9.92. The van der Waals surface area contributed by atoms with Crippen LogP contribution in [0.1, 0.15) is 75.8 Å². The van der Waals surface area contributed by atoms with E-state index in [-0.39, 0.29) is 17.7 Å². The van der Waals surface area contributed by atoms with Crippen LogP contribution in [0.5, 0.6) is 0 Å². The SMILES string of the molecule is COC1CCC(N2CC(C(=O)N3CCC(c4ccc(C(F)(F)F)cc4N4CCC(C)CC4)C3)[C@H](C)C2)CC1. The van der Waals surface area contributed by atoms with E-state index in [2.05, 4.69) is 23.6 Å². The number of likely N-dealkylation sites (tertiary alicyclic amines) is 2. The van der Waals surface area contributed by atoms with Gasteiger partial charge in [0, 0.05) is 64.0 Å². The zero-order valence-electron chi connectivity index (χ0n) is 23.2. The first-order chi connectivity index (χ1) is 18.1. The summed E-state index contributed by atoms with van der Waals surface area (Å²) in [5.41, 5.74) is 1.11. The predicted molar refractivity (Wildman–Crippen MR) is 143 cm³/mol. The highest BCUT2D eigenvalue weighted by Crippen LogP contribution is 2.41. The number of methoxy groups -OCH3 is 1. The van der Waals surface area contributed by atoms with Crippen molar-refractivity contribution in [3.05, 3.63) is 29.3 Å². The van der Waals surface area contributed by atoms with Crippen molar-refractivity contribution in [1.29, 1.82) is 0 Å². The van der Waals surface area contributed by atoms with Gasteiger partial charge in [-0.2, -0.15) is 13.2 Å². The molecule has 1 saturated carbocycles. The van der Waals surface area contributed by atoms with E-state index in [1.165, 1.54) is 12.1 Å². The van der Waals surface area contributed by atoms with E-state index in [1.54, 1.807) is 13.2 Å². The molecule has 5 nitrogen and oxygen atoms in total. The molecular formula is C30H44F3N3O2. The van der Waals surface area contributed by atoms with Crippen LogP contribution in [-0.2, 0) is 15.7 Å². The van der Waals surface area contributed by atoms with Crippen LogP contribution in [-0.4, -0.2) is 74.2 Å². The molecule has 1 amide bonds. The Morgan fingerprint density at radius 2 is 1.63 bits per heavy atom. The van der Waals surface area contributed by atoms with Crippen LogP contribution in [0.25, 0.3) is 0 Å². The van der Waals surface area contributed by atoms with E-state index in [4.69, 9.17) is 4.74 Å². The first-order valence-electron chi connectivity index (χ1n) is 14.7. The maximum Gasteiger partial charge on any atom is 0.416 e. The lowest BCUT2D eigenvalue weighted by Gasteiger charge is -2.35. The van der Waals surface area contributed by atoms with Crippen molar-refractivity contribution in [1.82, 2.24) is 9.80 Å². The Bertz CT molecular complexity index is 970. The average molecular weight is 536 g/mol. The molecule has 212 valence electrons. The van der Waals surface area contributed by atoms with E-state index in [0.717, 1.165) is 82.4 Å². The number of piperidine rings is 1. The molecular weight excluding hydrogens is 491 g/mol. The van der Waals surface area contributed by atoms with Crippen LogP contribution >= 0.6 is 0 Å². The number of hydrogen-bond donors (Lipinski definition) is 0. The molecule has 4 fully saturated rings. The van der Waals surface area contributed by atoms with Crippen molar-refractivity contribution in [3.8, 4) is 0 Å². The molecule has 3 heterocycles. The summed E-state index contributed by atoms with van der Waals surface area (Å²) in [6.45, 7) is 9.04. The average Bonchev–Trinajstić information content (AvgIpc) is 3.55. The molecule has 2 unspecified atom stereocenters. The standard InChI is InChI=1S/C30H44F3N3O2/c1-20-10-13-34(14-11-20)28-16-23(30(31,32)33)4-9-26(28)22-12-15-35(18-22)29(37)27-19-36(17-21(27)2)24-5-7-25(38-3)8-6-24/h4,9,16,20-22,24-25,27H,5-8,10-15,17-19H2,1-3H3/t21-,22?,24?,25?,27?/m1/s1. The normalized spacial score (nSPS) is 31.8. The molecule has 1 aliphatic carbocycles. The van der Waals surface area contributed by atoms with Crippen LogP contribution in [0, 0.1) is 17.8 Å². The van der Waals surface area contributed by atoms with Crippen LogP contribution in [0.15, 0.2) is 18.2 Å². The Kier molecular flexibility index (Phi) is 8.30. The number of carbonyl (C=O) groups is 1. The van der Waals surface area contributed by atoms with E-state index >= 15 is 0 Å². The van der Waals surface area contributed by atoms with Gasteiger partial charge in [0.15, 0.2) is 0 Å². The largest absolute Gasteiger partial charge is 0.416 e. The smallest absolute Gasteiger partial charge is 0.381 e. The van der Waals surface area contributed by atoms with Crippen molar-refractivity contribution in [2.24, 2.45) is 17.8 Å². The maximum absolute atomic E-state index is 13.7. The van der Waals surface area contributed by atoms with Crippen molar-refractivity contribution in [3.63, 3.8) is 0 Å². The van der Waals surface area contributed by atoms with Crippen LogP contribution in [0.2, 0.25) is 0 Å². The molecule has 0 bridgehead atoms. The maximum atomic E-state index is 13.7. The van der Waals surface area contributed by atoms with Gasteiger partial charge >= 0.3 is 6.18 Å². The fraction of sp³-hybridized carbons (Fsp3) is 0.767. The first kappa shape index (κ1) is 27.8. The molecule has 3 saturated heterocycles. The lowest BCUT2D eigenvalue weighted by molar-refractivity contribution is -0.137. The summed E-state index contributed by atoms with van der Waals surface area (Å²) in [6.07, 6.45) is 3.24. The fourth-order valence-corrected chi connectivity index (χ4v) is 7.31. The van der Waals surface area contributed by atoms with Crippen molar-refractivity contribution >= 4 is 11.6 Å². The third-order valence-electron chi connectivity index (χ3n) is 9.87. The zero-order chi connectivity index (χ0) is 27.0. The highest BCUT2D eigenvalue weighted by molar-refractivity contribution is 5.80. The number of ether oxygens (including phenoxy) is 1. The van der Waals surface area contributed by atoms with Gasteiger partial charge in [-0.3, -0.25) is 9.69 Å². The van der Waals surface area contributed by atoms with E-state index < -0.39 is 11.7 Å². The molecule has 3 aliphatic heterocycles. The summed E-state index contributed by atoms with van der Waals surface area (Å²) in [7, 11) is 1.79. The number of nitrogens with zero attached hydrogens (tertiary/aromatic N) is 3. The molecule has 0 aromatic heterocycles. The Morgan fingerprint density at radius 1 is 0.921 bits per heavy atom. The zero-order valence-corrected chi connectivity index (χ0v) is 23.2. The van der Waals surface area contributed by atoms with Gasteiger partial charge in [0.05, 0.1) is 17.6 Å². The molecule has 1 aromatic rings. The van der Waals surface area contributed by atoms with Crippen LogP contribution in [0.4, 0.5) is 18.9 Å². The number of alkyl halides is 3. The summed E-state index contributed by atoms with van der Waals surface area (Å²) >= 11 is 0. The summed E-state index contributed by atoms with van der Waals surface area (Å²) in [5.74, 6) is 1.23. The van der Waals surface area contributed by atoms with Gasteiger partial charge < -0.3 is 14.5 Å². The number of anilines is 1. The molecule has 0 radical (unpaired) electrons. The third kappa shape index (κ3) is 5.86. The number of amides is 1. The number of hydrogen-bond acceptors (Lipinski definition) is 4. The second-order valence-corrected chi connectivity index (χ2v) is 12.4. The summed E-state index contributed by atoms with van der Waals surface area (Å²) in [6, 6.07) is 4.80. The summed E-state index contributed by atoms with van der Waals surface area (Å²) < 4.78 is 46.3. The monoisotopic (exact) mass is 535 g/mol. The van der Waals surface area contributed by atoms with Gasteiger partial charge in [-0.05, 0) is 74.5 Å². The minimum atomic E-state index is -4.36. The number of benzene rings is 1. The molecule has 3 atom stereocenters. The predicted octanol–water partition coefficient (Wildman–Crippen LogP) is 5.78. The topological polar surface area (TPSA) is 36.0 Å². The van der Waals surface area contributed by atoms with E-state index in [0.29, 0.717) is 37.1 Å². The van der Waals surface area contributed by atoms with Gasteiger partial charge in [0.1, 0.15) is 0 Å². The fourth-order valence-electron chi connectivity index (χ4n) is 7.31. The molecule has 8 heteroatoms. The minimum Gasteiger partial charge on any atom is -0.381 e. The number of rotatable bonds is 5. The van der Waals surface area contributed by atoms with Gasteiger partial charge in [-0.25, -0.2) is 0 Å². The van der Waals surface area contributed by atoms with Gasteiger partial charge in [-0.15, -0.1) is 0 Å². The first-order valence-corrected chi connectivity index (χ1v) is 14.7. The van der Waals surface area contributed by atoms with Crippen molar-refractivity contribution in [2.75, 3.05) is 51.3 Å². The van der Waals surface area contributed by atoms with Gasteiger partial charge in [0.25, 0.3) is 0 Å². The lowest BCUT2D eigenvalue weighted by Crippen LogP contribution is -2.40. The van der Waals surface area contributed by atoms with Gasteiger partial charge in [0.2, 0.25) is 5.91 Å². The molecule has 0 N–H and O–H groups in total. The second-order valence-electron chi connectivity index (χ2n) is 12.4. The second kappa shape index (κ2) is 11.4. The van der Waals surface area contributed by atoms with Crippen molar-refractivity contribution < 1.29 is 22.7 Å². The Labute approximate surface area is 225 Å². The van der Waals surface area contributed by atoms with E-state index in [9.17, 15) is 18.0 Å². The Hall–Kier alpha value is -1.80. The van der Waals surface area contributed by atoms with Crippen LogP contribution < -0.4 is 4.90 Å². The molecule has 4 aliphatic rings. The van der Waals surface area contributed by atoms with Crippen molar-refractivity contribution in [2.45, 2.75) is 83.0 Å². The Balaban J connectivity index is 1.26. The highest BCUT2D eigenvalue weighted by atomic mass is 19.4. The van der Waals surface area contributed by atoms with E-state index in [1.807, 2.05) is 4.90 Å². The summed E-state index contributed by atoms with van der Waals surface area (Å²) in [5, 5.41) is 0.